The minimum atomic E-state index is 0.0698. The van der Waals surface area contributed by atoms with Crippen LogP contribution in [0.25, 0.3) is 11.4 Å². The molecule has 2 heterocycles. The van der Waals surface area contributed by atoms with Crippen LogP contribution in [0.2, 0.25) is 5.02 Å². The number of nitrogens with two attached hydrogens (primary N) is 1. The lowest BCUT2D eigenvalue weighted by Gasteiger charge is -2.08. The van der Waals surface area contributed by atoms with Gasteiger partial charge in [-0.1, -0.05) is 16.8 Å². The lowest BCUT2D eigenvalue weighted by Crippen LogP contribution is -2.26. The Labute approximate surface area is 125 Å². The highest BCUT2D eigenvalue weighted by Crippen LogP contribution is 2.34. The first kappa shape index (κ1) is 13.7. The van der Waals surface area contributed by atoms with Gasteiger partial charge in [0, 0.05) is 22.6 Å². The molecule has 2 atom stereocenters. The molecule has 7 heteroatoms. The summed E-state index contributed by atoms with van der Waals surface area (Å²) in [5, 5.41) is 4.63. The second-order valence-electron chi connectivity index (χ2n) is 4.61. The molecule has 0 bridgehead atoms. The number of hydrogen-bond donors (Lipinski definition) is 1. The van der Waals surface area contributed by atoms with Crippen molar-refractivity contribution in [3.63, 3.8) is 0 Å². The van der Waals surface area contributed by atoms with Crippen molar-refractivity contribution < 1.29 is 9.26 Å². The van der Waals surface area contributed by atoms with Crippen molar-refractivity contribution in [2.24, 2.45) is 5.73 Å². The van der Waals surface area contributed by atoms with E-state index in [1.54, 1.807) is 31.0 Å². The van der Waals surface area contributed by atoms with Crippen LogP contribution >= 0.6 is 23.4 Å². The SMILES string of the molecule is COc1cc(Cl)ccc1-c1noc(C2CSCC2N)n1. The van der Waals surface area contributed by atoms with E-state index in [2.05, 4.69) is 10.1 Å². The third kappa shape index (κ3) is 2.51. The Morgan fingerprint density at radius 1 is 1.45 bits per heavy atom. The highest BCUT2D eigenvalue weighted by molar-refractivity contribution is 7.99. The summed E-state index contributed by atoms with van der Waals surface area (Å²) in [6, 6.07) is 5.39. The van der Waals surface area contributed by atoms with Gasteiger partial charge in [0.2, 0.25) is 11.7 Å². The number of thioether (sulfide) groups is 1. The zero-order chi connectivity index (χ0) is 14.1. The van der Waals surface area contributed by atoms with Gasteiger partial charge in [0.05, 0.1) is 18.6 Å². The van der Waals surface area contributed by atoms with E-state index in [0.717, 1.165) is 17.1 Å². The van der Waals surface area contributed by atoms with Gasteiger partial charge in [0.25, 0.3) is 0 Å². The fourth-order valence-electron chi connectivity index (χ4n) is 2.17. The molecule has 20 heavy (non-hydrogen) atoms. The van der Waals surface area contributed by atoms with Crippen LogP contribution in [0.1, 0.15) is 11.8 Å². The van der Waals surface area contributed by atoms with E-state index in [1.165, 1.54) is 0 Å². The number of halogens is 1. The summed E-state index contributed by atoms with van der Waals surface area (Å²) in [5.74, 6) is 3.68. The van der Waals surface area contributed by atoms with E-state index in [9.17, 15) is 0 Å². The minimum Gasteiger partial charge on any atom is -0.496 e. The molecule has 0 radical (unpaired) electrons. The number of rotatable bonds is 3. The third-order valence-electron chi connectivity index (χ3n) is 3.29. The number of benzene rings is 1. The molecule has 0 amide bonds. The van der Waals surface area contributed by atoms with Crippen molar-refractivity contribution in [3.05, 3.63) is 29.1 Å². The quantitative estimate of drug-likeness (QED) is 0.939. The van der Waals surface area contributed by atoms with Crippen LogP contribution in [0.3, 0.4) is 0 Å². The Bertz CT molecular complexity index is 619. The number of ether oxygens (including phenoxy) is 1. The summed E-state index contributed by atoms with van der Waals surface area (Å²) in [6.45, 7) is 0. The van der Waals surface area contributed by atoms with Crippen molar-refractivity contribution in [1.29, 1.82) is 0 Å². The van der Waals surface area contributed by atoms with Crippen molar-refractivity contribution in [2.75, 3.05) is 18.6 Å². The molecule has 1 aliphatic rings. The van der Waals surface area contributed by atoms with Gasteiger partial charge in [-0.05, 0) is 18.2 Å². The molecular formula is C13H14ClN3O2S. The van der Waals surface area contributed by atoms with Crippen molar-refractivity contribution >= 4 is 23.4 Å². The Hall–Kier alpha value is -1.24. The Balaban J connectivity index is 1.94. The van der Waals surface area contributed by atoms with Gasteiger partial charge in [0.1, 0.15) is 5.75 Å². The molecule has 106 valence electrons. The van der Waals surface area contributed by atoms with Crippen LogP contribution in [0, 0.1) is 0 Å². The van der Waals surface area contributed by atoms with Crippen molar-refractivity contribution in [3.8, 4) is 17.1 Å². The molecule has 0 aliphatic carbocycles. The Kier molecular flexibility index (Phi) is 3.87. The fourth-order valence-corrected chi connectivity index (χ4v) is 3.62. The minimum absolute atomic E-state index is 0.0698. The number of nitrogens with zero attached hydrogens (tertiary/aromatic N) is 2. The predicted octanol–water partition coefficient (Wildman–Crippen LogP) is 2.56. The molecule has 1 aromatic carbocycles. The van der Waals surface area contributed by atoms with Crippen LogP contribution in [0.4, 0.5) is 0 Å². The second kappa shape index (κ2) is 5.63. The third-order valence-corrected chi connectivity index (χ3v) is 4.74. The first-order valence-corrected chi connectivity index (χ1v) is 7.73. The summed E-state index contributed by atoms with van der Waals surface area (Å²) in [7, 11) is 1.58. The summed E-state index contributed by atoms with van der Waals surface area (Å²) in [6.07, 6.45) is 0. The van der Waals surface area contributed by atoms with Crippen LogP contribution in [-0.4, -0.2) is 34.8 Å². The van der Waals surface area contributed by atoms with E-state index in [-0.39, 0.29) is 12.0 Å². The van der Waals surface area contributed by atoms with E-state index in [4.69, 9.17) is 26.6 Å². The van der Waals surface area contributed by atoms with E-state index in [0.29, 0.717) is 22.5 Å². The second-order valence-corrected chi connectivity index (χ2v) is 6.12. The molecule has 0 spiro atoms. The molecule has 1 fully saturated rings. The van der Waals surface area contributed by atoms with Gasteiger partial charge in [-0.2, -0.15) is 16.7 Å². The highest BCUT2D eigenvalue weighted by Gasteiger charge is 2.31. The molecule has 2 unspecified atom stereocenters. The van der Waals surface area contributed by atoms with Gasteiger partial charge in [-0.15, -0.1) is 0 Å². The van der Waals surface area contributed by atoms with E-state index in [1.807, 2.05) is 6.07 Å². The summed E-state index contributed by atoms with van der Waals surface area (Å²) < 4.78 is 10.7. The lowest BCUT2D eigenvalue weighted by molar-refractivity contribution is 0.352. The lowest BCUT2D eigenvalue weighted by atomic mass is 10.1. The van der Waals surface area contributed by atoms with Crippen LogP contribution in [0.5, 0.6) is 5.75 Å². The Morgan fingerprint density at radius 3 is 3.00 bits per heavy atom. The van der Waals surface area contributed by atoms with Crippen molar-refractivity contribution in [2.45, 2.75) is 12.0 Å². The maximum absolute atomic E-state index is 6.04. The van der Waals surface area contributed by atoms with Gasteiger partial charge < -0.3 is 15.0 Å². The van der Waals surface area contributed by atoms with Gasteiger partial charge >= 0.3 is 0 Å². The standard InChI is InChI=1S/C13H14ClN3O2S/c1-18-11-4-7(14)2-3-8(11)12-16-13(19-17-12)9-5-20-6-10(9)15/h2-4,9-10H,5-6,15H2,1H3. The average Bonchev–Trinajstić information content (AvgIpc) is 3.07. The first-order chi connectivity index (χ1) is 9.69. The zero-order valence-corrected chi connectivity index (χ0v) is 12.4. The first-order valence-electron chi connectivity index (χ1n) is 6.20. The van der Waals surface area contributed by atoms with Crippen LogP contribution in [0.15, 0.2) is 22.7 Å². The monoisotopic (exact) mass is 311 g/mol. The number of methoxy groups -OCH3 is 1. The number of aromatic nitrogens is 2. The van der Waals surface area contributed by atoms with Gasteiger partial charge in [-0.25, -0.2) is 0 Å². The predicted molar refractivity (Wildman–Crippen MR) is 79.3 cm³/mol. The maximum Gasteiger partial charge on any atom is 0.232 e. The topological polar surface area (TPSA) is 74.2 Å². The highest BCUT2D eigenvalue weighted by atomic mass is 35.5. The summed E-state index contributed by atoms with van der Waals surface area (Å²) >= 11 is 7.75. The van der Waals surface area contributed by atoms with Crippen LogP contribution in [-0.2, 0) is 0 Å². The largest absolute Gasteiger partial charge is 0.496 e. The van der Waals surface area contributed by atoms with E-state index >= 15 is 0 Å². The van der Waals surface area contributed by atoms with Crippen LogP contribution < -0.4 is 10.5 Å². The maximum atomic E-state index is 6.04. The molecule has 1 saturated heterocycles. The van der Waals surface area contributed by atoms with E-state index < -0.39 is 0 Å². The summed E-state index contributed by atoms with van der Waals surface area (Å²) in [4.78, 5) is 4.46. The average molecular weight is 312 g/mol. The molecule has 3 rings (SSSR count). The molecule has 0 saturated carbocycles. The number of hydrogen-bond acceptors (Lipinski definition) is 6. The van der Waals surface area contributed by atoms with Gasteiger partial charge in [-0.3, -0.25) is 0 Å². The van der Waals surface area contributed by atoms with Crippen molar-refractivity contribution in [1.82, 2.24) is 10.1 Å². The summed E-state index contributed by atoms with van der Waals surface area (Å²) in [5.41, 5.74) is 6.80. The molecular weight excluding hydrogens is 298 g/mol. The molecule has 5 nitrogen and oxygen atoms in total. The normalized spacial score (nSPS) is 22.1. The molecule has 1 aliphatic heterocycles. The molecule has 1 aromatic heterocycles. The van der Waals surface area contributed by atoms with Gasteiger partial charge in [0.15, 0.2) is 0 Å². The zero-order valence-electron chi connectivity index (χ0n) is 10.9. The smallest absolute Gasteiger partial charge is 0.232 e. The Morgan fingerprint density at radius 2 is 2.30 bits per heavy atom. The molecule has 2 aromatic rings. The fraction of sp³-hybridized carbons (Fsp3) is 0.385. The molecule has 2 N–H and O–H groups in total.